The Labute approximate surface area is 122 Å². The third kappa shape index (κ3) is 4.30. The van der Waals surface area contributed by atoms with Gasteiger partial charge in [-0.1, -0.05) is 38.1 Å². The Balaban J connectivity index is 1.89. The van der Waals surface area contributed by atoms with Gasteiger partial charge in [-0.05, 0) is 36.9 Å². The van der Waals surface area contributed by atoms with Gasteiger partial charge < -0.3 is 9.84 Å². The molecule has 1 fully saturated rings. The van der Waals surface area contributed by atoms with Crippen molar-refractivity contribution in [2.75, 3.05) is 26.8 Å². The second kappa shape index (κ2) is 7.21. The number of hydrogen-bond donors (Lipinski definition) is 1. The highest BCUT2D eigenvalue weighted by Crippen LogP contribution is 2.19. The van der Waals surface area contributed by atoms with Crippen LogP contribution in [0.15, 0.2) is 24.3 Å². The number of rotatable bonds is 6. The molecular weight excluding hydrogens is 250 g/mol. The van der Waals surface area contributed by atoms with Crippen LogP contribution in [-0.2, 0) is 11.2 Å². The topological polar surface area (TPSA) is 32.7 Å². The molecule has 0 aliphatic carbocycles. The van der Waals surface area contributed by atoms with E-state index in [0.29, 0.717) is 18.5 Å². The average molecular weight is 277 g/mol. The molecule has 1 saturated heterocycles. The van der Waals surface area contributed by atoms with Gasteiger partial charge in [0.25, 0.3) is 0 Å². The third-order valence-corrected chi connectivity index (χ3v) is 4.00. The molecule has 0 saturated carbocycles. The lowest BCUT2D eigenvalue weighted by Gasteiger charge is -2.25. The summed E-state index contributed by atoms with van der Waals surface area (Å²) in [5.41, 5.74) is 2.34. The molecular formula is C17H27NO2. The van der Waals surface area contributed by atoms with Crippen LogP contribution in [0.3, 0.4) is 0 Å². The fraction of sp³-hybridized carbons (Fsp3) is 0.647. The largest absolute Gasteiger partial charge is 0.387 e. The summed E-state index contributed by atoms with van der Waals surface area (Å²) in [6, 6.07) is 8.84. The molecule has 3 nitrogen and oxygen atoms in total. The lowest BCUT2D eigenvalue weighted by Crippen LogP contribution is -2.35. The maximum atomic E-state index is 10.3. The van der Waals surface area contributed by atoms with Gasteiger partial charge in [0, 0.05) is 19.2 Å². The highest BCUT2D eigenvalue weighted by molar-refractivity contribution is 5.24. The number of ether oxygens (including phenoxy) is 1. The minimum Gasteiger partial charge on any atom is -0.387 e. The van der Waals surface area contributed by atoms with E-state index in [1.54, 1.807) is 0 Å². The predicted molar refractivity (Wildman–Crippen MR) is 81.8 cm³/mol. The van der Waals surface area contributed by atoms with Crippen molar-refractivity contribution in [2.45, 2.75) is 38.8 Å². The van der Waals surface area contributed by atoms with E-state index >= 15 is 0 Å². The summed E-state index contributed by atoms with van der Waals surface area (Å²) in [6.45, 7) is 6.74. The van der Waals surface area contributed by atoms with Crippen LogP contribution in [0.2, 0.25) is 0 Å². The Hall–Kier alpha value is -0.900. The summed E-state index contributed by atoms with van der Waals surface area (Å²) in [6.07, 6.45) is 1.74. The van der Waals surface area contributed by atoms with Crippen LogP contribution in [-0.4, -0.2) is 42.9 Å². The Bertz CT molecular complexity index is 396. The first-order valence-corrected chi connectivity index (χ1v) is 7.61. The van der Waals surface area contributed by atoms with Crippen LogP contribution >= 0.6 is 0 Å². The molecule has 1 aromatic carbocycles. The quantitative estimate of drug-likeness (QED) is 0.867. The van der Waals surface area contributed by atoms with E-state index in [1.165, 1.54) is 5.56 Å². The number of aliphatic hydroxyl groups excluding tert-OH is 1. The van der Waals surface area contributed by atoms with Crippen LogP contribution in [0.4, 0.5) is 0 Å². The van der Waals surface area contributed by atoms with Crippen LogP contribution in [0, 0.1) is 5.92 Å². The van der Waals surface area contributed by atoms with Crippen molar-refractivity contribution in [1.29, 1.82) is 0 Å². The number of aliphatic hydroxyl groups is 1. The van der Waals surface area contributed by atoms with Crippen molar-refractivity contribution in [3.05, 3.63) is 35.4 Å². The first-order valence-electron chi connectivity index (χ1n) is 7.61. The molecule has 2 unspecified atom stereocenters. The van der Waals surface area contributed by atoms with Crippen LogP contribution in [0.25, 0.3) is 0 Å². The maximum absolute atomic E-state index is 10.3. The van der Waals surface area contributed by atoms with Crippen LogP contribution in [0.1, 0.15) is 37.5 Å². The number of nitrogens with zero attached hydrogens (tertiary/aromatic N) is 1. The Morgan fingerprint density at radius 1 is 1.30 bits per heavy atom. The Kier molecular flexibility index (Phi) is 5.58. The Morgan fingerprint density at radius 2 is 2.00 bits per heavy atom. The van der Waals surface area contributed by atoms with Gasteiger partial charge in [-0.15, -0.1) is 0 Å². The van der Waals surface area contributed by atoms with Crippen LogP contribution in [0.5, 0.6) is 0 Å². The van der Waals surface area contributed by atoms with Gasteiger partial charge in [0.2, 0.25) is 0 Å². The maximum Gasteiger partial charge on any atom is 0.0916 e. The van der Waals surface area contributed by atoms with Gasteiger partial charge in [-0.25, -0.2) is 0 Å². The van der Waals surface area contributed by atoms with E-state index in [4.69, 9.17) is 4.74 Å². The first-order chi connectivity index (χ1) is 9.56. The fourth-order valence-corrected chi connectivity index (χ4v) is 2.74. The summed E-state index contributed by atoms with van der Waals surface area (Å²) in [5.74, 6) is 0.666. The summed E-state index contributed by atoms with van der Waals surface area (Å²) < 4.78 is 5.39. The zero-order chi connectivity index (χ0) is 14.5. The van der Waals surface area contributed by atoms with Gasteiger partial charge in [0.1, 0.15) is 0 Å². The van der Waals surface area contributed by atoms with Crippen molar-refractivity contribution in [2.24, 2.45) is 5.92 Å². The molecule has 0 amide bonds. The minimum atomic E-state index is -0.423. The normalized spacial score (nSPS) is 20.8. The van der Waals surface area contributed by atoms with Gasteiger partial charge in [-0.2, -0.15) is 0 Å². The predicted octanol–water partition coefficient (Wildman–Crippen LogP) is 2.64. The monoisotopic (exact) mass is 277 g/mol. The van der Waals surface area contributed by atoms with E-state index in [9.17, 15) is 5.11 Å². The highest BCUT2D eigenvalue weighted by Gasteiger charge is 2.22. The minimum absolute atomic E-state index is 0.423. The molecule has 3 heteroatoms. The summed E-state index contributed by atoms with van der Waals surface area (Å²) >= 11 is 0. The highest BCUT2D eigenvalue weighted by atomic mass is 16.5. The van der Waals surface area contributed by atoms with Gasteiger partial charge in [0.15, 0.2) is 0 Å². The van der Waals surface area contributed by atoms with Crippen molar-refractivity contribution in [3.8, 4) is 0 Å². The average Bonchev–Trinajstić information content (AvgIpc) is 2.92. The lowest BCUT2D eigenvalue weighted by atomic mass is 10.00. The van der Waals surface area contributed by atoms with Gasteiger partial charge in [-0.3, -0.25) is 4.90 Å². The van der Waals surface area contributed by atoms with Crippen molar-refractivity contribution < 1.29 is 9.84 Å². The molecule has 20 heavy (non-hydrogen) atoms. The van der Waals surface area contributed by atoms with Crippen molar-refractivity contribution in [1.82, 2.24) is 4.90 Å². The molecule has 1 aliphatic rings. The zero-order valence-electron chi connectivity index (χ0n) is 12.9. The summed E-state index contributed by atoms with van der Waals surface area (Å²) in [4.78, 5) is 2.21. The number of benzene rings is 1. The standard InChI is InChI=1S/C17H27NO2/c1-13(2)10-14-4-6-15(7-5-14)17(19)11-18(3)16-8-9-20-12-16/h4-7,13,16-17,19H,8-12H2,1-3H3. The molecule has 112 valence electrons. The van der Waals surface area contributed by atoms with Gasteiger partial charge >= 0.3 is 0 Å². The van der Waals surface area contributed by atoms with E-state index in [-0.39, 0.29) is 0 Å². The molecule has 1 aromatic rings. The molecule has 1 aliphatic heterocycles. The summed E-state index contributed by atoms with van der Waals surface area (Å²) in [5, 5.41) is 10.3. The molecule has 2 rings (SSSR count). The fourth-order valence-electron chi connectivity index (χ4n) is 2.74. The molecule has 1 heterocycles. The molecule has 1 N–H and O–H groups in total. The van der Waals surface area contributed by atoms with E-state index in [1.807, 2.05) is 0 Å². The van der Waals surface area contributed by atoms with Crippen LogP contribution < -0.4 is 0 Å². The third-order valence-electron chi connectivity index (χ3n) is 4.00. The second-order valence-corrected chi connectivity index (χ2v) is 6.31. The smallest absolute Gasteiger partial charge is 0.0916 e. The van der Waals surface area contributed by atoms with Crippen molar-refractivity contribution in [3.63, 3.8) is 0 Å². The van der Waals surface area contributed by atoms with Crippen molar-refractivity contribution >= 4 is 0 Å². The molecule has 0 aromatic heterocycles. The zero-order valence-corrected chi connectivity index (χ0v) is 12.9. The first kappa shape index (κ1) is 15.5. The van der Waals surface area contributed by atoms with E-state index < -0.39 is 6.10 Å². The number of hydrogen-bond acceptors (Lipinski definition) is 3. The second-order valence-electron chi connectivity index (χ2n) is 6.31. The molecule has 0 spiro atoms. The number of likely N-dealkylation sites (N-methyl/N-ethyl adjacent to an activating group) is 1. The Morgan fingerprint density at radius 3 is 2.55 bits per heavy atom. The van der Waals surface area contributed by atoms with Gasteiger partial charge in [0.05, 0.1) is 12.7 Å². The molecule has 0 bridgehead atoms. The molecule has 2 atom stereocenters. The lowest BCUT2D eigenvalue weighted by molar-refractivity contribution is 0.0950. The van der Waals surface area contributed by atoms with E-state index in [0.717, 1.165) is 31.6 Å². The SMILES string of the molecule is CC(C)Cc1ccc(C(O)CN(C)C2CCOC2)cc1. The van der Waals surface area contributed by atoms with E-state index in [2.05, 4.69) is 50.1 Å². The molecule has 0 radical (unpaired) electrons. The summed E-state index contributed by atoms with van der Waals surface area (Å²) in [7, 11) is 2.07.